The number of halogens is 1. The first-order chi connectivity index (χ1) is 12.7. The molecule has 138 valence electrons. The lowest BCUT2D eigenvalue weighted by Crippen LogP contribution is -2.59. The Morgan fingerprint density at radius 1 is 1.04 bits per heavy atom. The largest absolute Gasteiger partial charge is 0.370 e. The second kappa shape index (κ2) is 7.99. The van der Waals surface area contributed by atoms with Crippen molar-refractivity contribution < 1.29 is 4.74 Å². The van der Waals surface area contributed by atoms with E-state index in [9.17, 15) is 0 Å². The highest BCUT2D eigenvalue weighted by atomic mass is 127. The van der Waals surface area contributed by atoms with Crippen molar-refractivity contribution in [3.05, 3.63) is 69.3 Å². The number of fused-ring (bicyclic) bond motifs is 2. The van der Waals surface area contributed by atoms with E-state index < -0.39 is 0 Å². The third kappa shape index (κ3) is 3.46. The van der Waals surface area contributed by atoms with Gasteiger partial charge < -0.3 is 4.74 Å². The molecule has 2 fully saturated rings. The van der Waals surface area contributed by atoms with Gasteiger partial charge >= 0.3 is 0 Å². The Balaban J connectivity index is 1.64. The number of nitrogens with zero attached hydrogens (tertiary/aromatic N) is 1. The molecule has 26 heavy (non-hydrogen) atoms. The standard InChI is InChI=1S/C23H28INO/c1-2-26-23(19-10-7-13-22(24)14-19)20-11-6-12-21(23)17-25(16-20)15-18-8-4-3-5-9-18/h3-5,7-10,13-14,20-21H,2,6,11-12,15-17H2,1H3/t20-,21+,23?. The first-order valence-electron chi connectivity index (χ1n) is 9.88. The summed E-state index contributed by atoms with van der Waals surface area (Å²) >= 11 is 2.43. The Labute approximate surface area is 171 Å². The van der Waals surface area contributed by atoms with Crippen molar-refractivity contribution in [2.45, 2.75) is 38.3 Å². The van der Waals surface area contributed by atoms with Crippen LogP contribution in [0, 0.1) is 15.4 Å². The molecular formula is C23H28INO. The molecular weight excluding hydrogens is 433 g/mol. The first-order valence-corrected chi connectivity index (χ1v) is 11.0. The molecule has 0 radical (unpaired) electrons. The van der Waals surface area contributed by atoms with Crippen molar-refractivity contribution in [2.75, 3.05) is 19.7 Å². The summed E-state index contributed by atoms with van der Waals surface area (Å²) < 4.78 is 7.96. The highest BCUT2D eigenvalue weighted by molar-refractivity contribution is 14.1. The van der Waals surface area contributed by atoms with Crippen molar-refractivity contribution in [2.24, 2.45) is 11.8 Å². The SMILES string of the molecule is CCOC1(c2cccc(I)c2)[C@@H]2CCC[C@H]1CN(Cc1ccccc1)C2. The second-order valence-electron chi connectivity index (χ2n) is 7.74. The molecule has 1 aliphatic heterocycles. The summed E-state index contributed by atoms with van der Waals surface area (Å²) in [6, 6.07) is 19.9. The molecule has 0 aromatic heterocycles. The number of rotatable bonds is 5. The van der Waals surface area contributed by atoms with Gasteiger partial charge in [-0.25, -0.2) is 0 Å². The zero-order valence-corrected chi connectivity index (χ0v) is 17.7. The van der Waals surface area contributed by atoms with Crippen molar-refractivity contribution in [1.29, 1.82) is 0 Å². The molecule has 1 heterocycles. The number of ether oxygens (including phenoxy) is 1. The number of likely N-dealkylation sites (tertiary alicyclic amines) is 1. The van der Waals surface area contributed by atoms with Gasteiger partial charge in [-0.2, -0.15) is 0 Å². The van der Waals surface area contributed by atoms with Gasteiger partial charge in [0.1, 0.15) is 5.60 Å². The molecule has 0 spiro atoms. The van der Waals surface area contributed by atoms with Crippen LogP contribution in [-0.2, 0) is 16.9 Å². The van der Waals surface area contributed by atoms with E-state index in [-0.39, 0.29) is 5.60 Å². The summed E-state index contributed by atoms with van der Waals surface area (Å²) in [4.78, 5) is 2.66. The maximum atomic E-state index is 6.65. The summed E-state index contributed by atoms with van der Waals surface area (Å²) in [5.74, 6) is 1.16. The molecule has 2 aliphatic rings. The molecule has 3 heteroatoms. The van der Waals surface area contributed by atoms with Gasteiger partial charge in [-0.15, -0.1) is 0 Å². The number of benzene rings is 2. The van der Waals surface area contributed by atoms with Gasteiger partial charge in [0.15, 0.2) is 0 Å². The fourth-order valence-electron chi connectivity index (χ4n) is 5.26. The minimum absolute atomic E-state index is 0.0959. The van der Waals surface area contributed by atoms with Crippen LogP contribution in [0.2, 0.25) is 0 Å². The average Bonchev–Trinajstić information content (AvgIpc) is 2.63. The number of hydrogen-bond donors (Lipinski definition) is 0. The van der Waals surface area contributed by atoms with Crippen LogP contribution in [-0.4, -0.2) is 24.6 Å². The molecule has 1 aliphatic carbocycles. The molecule has 1 saturated carbocycles. The molecule has 1 unspecified atom stereocenters. The molecule has 0 amide bonds. The summed E-state index contributed by atoms with van der Waals surface area (Å²) in [7, 11) is 0. The lowest BCUT2D eigenvalue weighted by molar-refractivity contribution is -0.184. The lowest BCUT2D eigenvalue weighted by Gasteiger charge is -2.56. The van der Waals surface area contributed by atoms with Gasteiger partial charge in [0.25, 0.3) is 0 Å². The van der Waals surface area contributed by atoms with E-state index in [4.69, 9.17) is 4.74 Å². The molecule has 4 rings (SSSR count). The van der Waals surface area contributed by atoms with Crippen LogP contribution in [0.15, 0.2) is 54.6 Å². The summed E-state index contributed by atoms with van der Waals surface area (Å²) in [5.41, 5.74) is 2.73. The van der Waals surface area contributed by atoms with Crippen LogP contribution in [0.1, 0.15) is 37.3 Å². The Morgan fingerprint density at radius 2 is 1.77 bits per heavy atom. The van der Waals surface area contributed by atoms with Gasteiger partial charge in [-0.3, -0.25) is 4.90 Å². The van der Waals surface area contributed by atoms with E-state index in [2.05, 4.69) is 89.0 Å². The second-order valence-corrected chi connectivity index (χ2v) is 8.99. The predicted molar refractivity (Wildman–Crippen MR) is 115 cm³/mol. The average molecular weight is 461 g/mol. The van der Waals surface area contributed by atoms with Crippen molar-refractivity contribution in [3.63, 3.8) is 0 Å². The Kier molecular flexibility index (Phi) is 5.67. The summed E-state index contributed by atoms with van der Waals surface area (Å²) in [5, 5.41) is 0. The third-order valence-corrected chi connectivity index (χ3v) is 6.85. The van der Waals surface area contributed by atoms with Crippen LogP contribution in [0.3, 0.4) is 0 Å². The fourth-order valence-corrected chi connectivity index (χ4v) is 5.80. The monoisotopic (exact) mass is 461 g/mol. The zero-order valence-electron chi connectivity index (χ0n) is 15.5. The van der Waals surface area contributed by atoms with E-state index in [0.29, 0.717) is 11.8 Å². The van der Waals surface area contributed by atoms with E-state index in [1.165, 1.54) is 34.0 Å². The molecule has 2 bridgehead atoms. The van der Waals surface area contributed by atoms with E-state index in [1.54, 1.807) is 0 Å². The maximum absolute atomic E-state index is 6.65. The van der Waals surface area contributed by atoms with Crippen molar-refractivity contribution in [3.8, 4) is 0 Å². The van der Waals surface area contributed by atoms with Gasteiger partial charge in [0, 0.05) is 41.6 Å². The Morgan fingerprint density at radius 3 is 2.42 bits per heavy atom. The van der Waals surface area contributed by atoms with E-state index in [0.717, 1.165) is 26.2 Å². The predicted octanol–water partition coefficient (Wildman–Crippen LogP) is 5.46. The molecule has 2 aromatic rings. The topological polar surface area (TPSA) is 12.5 Å². The quantitative estimate of drug-likeness (QED) is 0.549. The molecule has 1 saturated heterocycles. The van der Waals surface area contributed by atoms with E-state index in [1.807, 2.05) is 0 Å². The molecule has 2 aromatic carbocycles. The van der Waals surface area contributed by atoms with Crippen molar-refractivity contribution >= 4 is 22.6 Å². The van der Waals surface area contributed by atoms with Gasteiger partial charge in [0.05, 0.1) is 0 Å². The minimum atomic E-state index is -0.0959. The number of piperidine rings is 1. The van der Waals surface area contributed by atoms with Crippen molar-refractivity contribution in [1.82, 2.24) is 4.90 Å². The lowest BCUT2D eigenvalue weighted by atomic mass is 9.62. The maximum Gasteiger partial charge on any atom is 0.101 e. The van der Waals surface area contributed by atoms with Gasteiger partial charge in [-0.1, -0.05) is 48.9 Å². The first kappa shape index (κ1) is 18.5. The number of hydrogen-bond acceptors (Lipinski definition) is 2. The van der Waals surface area contributed by atoms with Crippen LogP contribution in [0.5, 0.6) is 0 Å². The summed E-state index contributed by atoms with van der Waals surface area (Å²) in [6.45, 7) is 6.27. The molecule has 2 nitrogen and oxygen atoms in total. The Hall–Kier alpha value is -0.910. The smallest absolute Gasteiger partial charge is 0.101 e. The minimum Gasteiger partial charge on any atom is -0.370 e. The van der Waals surface area contributed by atoms with Crippen LogP contribution < -0.4 is 0 Å². The zero-order chi connectivity index (χ0) is 18.0. The van der Waals surface area contributed by atoms with E-state index >= 15 is 0 Å². The highest BCUT2D eigenvalue weighted by Crippen LogP contribution is 2.52. The van der Waals surface area contributed by atoms with Crippen LogP contribution in [0.25, 0.3) is 0 Å². The van der Waals surface area contributed by atoms with Crippen LogP contribution >= 0.6 is 22.6 Å². The Bertz CT molecular complexity index is 718. The normalized spacial score (nSPS) is 28.8. The summed E-state index contributed by atoms with van der Waals surface area (Å²) in [6.07, 6.45) is 3.88. The highest BCUT2D eigenvalue weighted by Gasteiger charge is 2.53. The molecule has 0 N–H and O–H groups in total. The molecule has 3 atom stereocenters. The van der Waals surface area contributed by atoms with Crippen LogP contribution in [0.4, 0.5) is 0 Å². The van der Waals surface area contributed by atoms with Gasteiger partial charge in [0.2, 0.25) is 0 Å². The fraction of sp³-hybridized carbons (Fsp3) is 0.478. The third-order valence-electron chi connectivity index (χ3n) is 6.18. The van der Waals surface area contributed by atoms with Gasteiger partial charge in [-0.05, 0) is 65.6 Å².